The van der Waals surface area contributed by atoms with Crippen molar-refractivity contribution >= 4 is 23.3 Å². The highest BCUT2D eigenvalue weighted by atomic mass is 16.2. The van der Waals surface area contributed by atoms with Crippen LogP contribution in [0, 0.1) is 5.41 Å². The Bertz CT molecular complexity index is 482. The van der Waals surface area contributed by atoms with Crippen LogP contribution in [-0.4, -0.2) is 18.5 Å². The summed E-state index contributed by atoms with van der Waals surface area (Å²) >= 11 is 0. The van der Waals surface area contributed by atoms with Crippen molar-refractivity contribution in [3.63, 3.8) is 0 Å². The van der Waals surface area contributed by atoms with Gasteiger partial charge in [0.05, 0.1) is 11.1 Å². The molecule has 0 spiro atoms. The van der Waals surface area contributed by atoms with E-state index in [0.717, 1.165) is 4.90 Å². The van der Waals surface area contributed by atoms with E-state index in [1.54, 1.807) is 38.1 Å². The Balaban J connectivity index is 2.42. The third-order valence-corrected chi connectivity index (χ3v) is 2.80. The van der Waals surface area contributed by atoms with Gasteiger partial charge in [0.2, 0.25) is 5.91 Å². The Labute approximate surface area is 99.6 Å². The van der Waals surface area contributed by atoms with E-state index in [-0.39, 0.29) is 5.91 Å². The maximum Gasteiger partial charge on any atom is 0.328 e. The zero-order valence-electron chi connectivity index (χ0n) is 9.86. The summed E-state index contributed by atoms with van der Waals surface area (Å²) < 4.78 is 0. The topological polar surface area (TPSA) is 75.4 Å². The number of rotatable bonds is 1. The van der Waals surface area contributed by atoms with Gasteiger partial charge in [-0.05, 0) is 32.0 Å². The molecule has 1 aliphatic heterocycles. The fraction of sp³-hybridized carbons (Fsp3) is 0.333. The minimum absolute atomic E-state index is 0.216. The van der Waals surface area contributed by atoms with Crippen LogP contribution in [0.3, 0.4) is 0 Å². The molecule has 0 radical (unpaired) electrons. The number of nitrogens with one attached hydrogen (secondary N) is 1. The number of nitrogens with zero attached hydrogens (tertiary/aromatic N) is 1. The summed E-state index contributed by atoms with van der Waals surface area (Å²) in [4.78, 5) is 25.1. The summed E-state index contributed by atoms with van der Waals surface area (Å²) in [6, 6.07) is 6.32. The highest BCUT2D eigenvalue weighted by Crippen LogP contribution is 2.27. The number of carbonyl (C=O) groups is 2. The van der Waals surface area contributed by atoms with Crippen LogP contribution in [0.1, 0.15) is 13.8 Å². The molecule has 17 heavy (non-hydrogen) atoms. The van der Waals surface area contributed by atoms with Gasteiger partial charge in [-0.1, -0.05) is 6.07 Å². The first-order valence-electron chi connectivity index (χ1n) is 5.40. The Kier molecular flexibility index (Phi) is 2.53. The maximum atomic E-state index is 12.2. The molecule has 1 heterocycles. The smallest absolute Gasteiger partial charge is 0.328 e. The quantitative estimate of drug-likeness (QED) is 0.719. The zero-order valence-corrected chi connectivity index (χ0v) is 9.86. The van der Waals surface area contributed by atoms with Crippen molar-refractivity contribution < 1.29 is 9.59 Å². The molecule has 0 aliphatic carbocycles. The molecule has 90 valence electrons. The van der Waals surface area contributed by atoms with Crippen LogP contribution < -0.4 is 16.0 Å². The van der Waals surface area contributed by atoms with E-state index in [2.05, 4.69) is 5.32 Å². The highest BCUT2D eigenvalue weighted by Gasteiger charge is 2.40. The SMILES string of the molecule is CC1(C)CNC(=O)N(c2cccc(N)c2)C1=O. The summed E-state index contributed by atoms with van der Waals surface area (Å²) in [5.41, 5.74) is 6.08. The lowest BCUT2D eigenvalue weighted by Gasteiger charge is -2.36. The lowest BCUT2D eigenvalue weighted by molar-refractivity contribution is -0.126. The van der Waals surface area contributed by atoms with Gasteiger partial charge < -0.3 is 11.1 Å². The van der Waals surface area contributed by atoms with E-state index < -0.39 is 11.4 Å². The first-order chi connectivity index (χ1) is 7.92. The van der Waals surface area contributed by atoms with Crippen molar-refractivity contribution in [3.05, 3.63) is 24.3 Å². The van der Waals surface area contributed by atoms with E-state index in [1.165, 1.54) is 0 Å². The molecule has 0 atom stereocenters. The monoisotopic (exact) mass is 233 g/mol. The molecule has 0 saturated carbocycles. The van der Waals surface area contributed by atoms with Crippen LogP contribution in [-0.2, 0) is 4.79 Å². The highest BCUT2D eigenvalue weighted by molar-refractivity contribution is 6.17. The van der Waals surface area contributed by atoms with Gasteiger partial charge in [0.15, 0.2) is 0 Å². The van der Waals surface area contributed by atoms with Gasteiger partial charge in [-0.3, -0.25) is 4.79 Å². The predicted octanol–water partition coefficient (Wildman–Crippen LogP) is 1.35. The summed E-state index contributed by atoms with van der Waals surface area (Å²) in [6.07, 6.45) is 0. The van der Waals surface area contributed by atoms with Gasteiger partial charge in [-0.25, -0.2) is 9.69 Å². The Morgan fingerprint density at radius 1 is 1.35 bits per heavy atom. The summed E-state index contributed by atoms with van der Waals surface area (Å²) in [5.74, 6) is -0.216. The number of nitrogen functional groups attached to an aromatic ring is 1. The molecule has 0 unspecified atom stereocenters. The number of benzene rings is 1. The molecule has 2 rings (SSSR count). The first-order valence-corrected chi connectivity index (χ1v) is 5.40. The molecule has 5 nitrogen and oxygen atoms in total. The molecule has 1 fully saturated rings. The molecule has 1 saturated heterocycles. The fourth-order valence-corrected chi connectivity index (χ4v) is 1.74. The average Bonchev–Trinajstić information content (AvgIpc) is 2.25. The second kappa shape index (κ2) is 3.76. The zero-order chi connectivity index (χ0) is 12.6. The van der Waals surface area contributed by atoms with Gasteiger partial charge in [0.1, 0.15) is 0 Å². The normalized spacial score (nSPS) is 19.1. The average molecular weight is 233 g/mol. The molecule has 1 aromatic carbocycles. The van der Waals surface area contributed by atoms with Crippen LogP contribution in [0.25, 0.3) is 0 Å². The number of carbonyl (C=O) groups excluding carboxylic acids is 2. The maximum absolute atomic E-state index is 12.2. The second-order valence-corrected chi connectivity index (χ2v) is 4.78. The van der Waals surface area contributed by atoms with Crippen LogP contribution in [0.2, 0.25) is 0 Å². The van der Waals surface area contributed by atoms with Crippen LogP contribution in [0.4, 0.5) is 16.2 Å². The van der Waals surface area contributed by atoms with Gasteiger partial charge in [-0.15, -0.1) is 0 Å². The van der Waals surface area contributed by atoms with Gasteiger partial charge >= 0.3 is 6.03 Å². The Hall–Kier alpha value is -2.04. The third kappa shape index (κ3) is 1.95. The molecule has 0 bridgehead atoms. The molecule has 1 aliphatic rings. The third-order valence-electron chi connectivity index (χ3n) is 2.80. The number of hydrogen-bond acceptors (Lipinski definition) is 3. The van der Waals surface area contributed by atoms with Crippen LogP contribution in [0.15, 0.2) is 24.3 Å². The van der Waals surface area contributed by atoms with Crippen molar-refractivity contribution in [2.24, 2.45) is 5.41 Å². The minimum atomic E-state index is -0.599. The summed E-state index contributed by atoms with van der Waals surface area (Å²) in [5, 5.41) is 2.70. The molecule has 3 N–H and O–H groups in total. The number of imide groups is 1. The Morgan fingerprint density at radius 2 is 2.06 bits per heavy atom. The lowest BCUT2D eigenvalue weighted by Crippen LogP contribution is -2.59. The summed E-state index contributed by atoms with van der Waals surface area (Å²) in [7, 11) is 0. The van der Waals surface area contributed by atoms with E-state index in [9.17, 15) is 9.59 Å². The number of amides is 3. The van der Waals surface area contributed by atoms with Crippen molar-refractivity contribution in [2.75, 3.05) is 17.2 Å². The van der Waals surface area contributed by atoms with E-state index in [4.69, 9.17) is 5.73 Å². The predicted molar refractivity (Wildman–Crippen MR) is 65.5 cm³/mol. The van der Waals surface area contributed by atoms with E-state index in [1.807, 2.05) is 0 Å². The molecular weight excluding hydrogens is 218 g/mol. The number of nitrogens with two attached hydrogens (primary N) is 1. The molecule has 3 amide bonds. The van der Waals surface area contributed by atoms with Crippen molar-refractivity contribution in [3.8, 4) is 0 Å². The second-order valence-electron chi connectivity index (χ2n) is 4.78. The minimum Gasteiger partial charge on any atom is -0.399 e. The van der Waals surface area contributed by atoms with Gasteiger partial charge in [0, 0.05) is 12.2 Å². The largest absolute Gasteiger partial charge is 0.399 e. The first kappa shape index (κ1) is 11.4. The van der Waals surface area contributed by atoms with Crippen molar-refractivity contribution in [1.29, 1.82) is 0 Å². The van der Waals surface area contributed by atoms with Crippen molar-refractivity contribution in [2.45, 2.75) is 13.8 Å². The standard InChI is InChI=1S/C12H15N3O2/c1-12(2)7-14-11(17)15(10(12)16)9-5-3-4-8(13)6-9/h3-6H,7,13H2,1-2H3,(H,14,17). The number of urea groups is 1. The molecule has 0 aromatic heterocycles. The lowest BCUT2D eigenvalue weighted by atomic mass is 9.89. The van der Waals surface area contributed by atoms with Crippen molar-refractivity contribution in [1.82, 2.24) is 5.32 Å². The fourth-order valence-electron chi connectivity index (χ4n) is 1.74. The molecule has 1 aromatic rings. The van der Waals surface area contributed by atoms with Gasteiger partial charge in [-0.2, -0.15) is 0 Å². The van der Waals surface area contributed by atoms with E-state index in [0.29, 0.717) is 17.9 Å². The molecule has 5 heteroatoms. The number of hydrogen-bond donors (Lipinski definition) is 2. The van der Waals surface area contributed by atoms with Crippen LogP contribution in [0.5, 0.6) is 0 Å². The van der Waals surface area contributed by atoms with Crippen LogP contribution >= 0.6 is 0 Å². The van der Waals surface area contributed by atoms with E-state index >= 15 is 0 Å². The molecular formula is C12H15N3O2. The Morgan fingerprint density at radius 3 is 2.71 bits per heavy atom. The number of anilines is 2. The summed E-state index contributed by atoms with van der Waals surface area (Å²) in [6.45, 7) is 3.95. The van der Waals surface area contributed by atoms with Gasteiger partial charge in [0.25, 0.3) is 0 Å².